The third-order valence-electron chi connectivity index (χ3n) is 3.75. The standard InChI is InChI=1S/C15H26N2O/c1-5-15(2,3)17(4)10-11-18-14-8-6-13(12-16)7-9-14/h6-9H,5,10-12,16H2,1-4H3. The summed E-state index contributed by atoms with van der Waals surface area (Å²) in [4.78, 5) is 2.33. The van der Waals surface area contributed by atoms with Crippen molar-refractivity contribution >= 4 is 0 Å². The van der Waals surface area contributed by atoms with Crippen molar-refractivity contribution in [3.05, 3.63) is 29.8 Å². The van der Waals surface area contributed by atoms with Crippen LogP contribution < -0.4 is 10.5 Å². The fourth-order valence-corrected chi connectivity index (χ4v) is 1.59. The Morgan fingerprint density at radius 2 is 1.83 bits per heavy atom. The van der Waals surface area contributed by atoms with Crippen LogP contribution >= 0.6 is 0 Å². The third-order valence-corrected chi connectivity index (χ3v) is 3.75. The zero-order chi connectivity index (χ0) is 13.6. The smallest absolute Gasteiger partial charge is 0.119 e. The lowest BCUT2D eigenvalue weighted by Crippen LogP contribution is -2.42. The van der Waals surface area contributed by atoms with E-state index in [1.807, 2.05) is 24.3 Å². The normalized spacial score (nSPS) is 11.9. The molecule has 0 spiro atoms. The first kappa shape index (κ1) is 15.0. The SMILES string of the molecule is CCC(C)(C)N(C)CCOc1ccc(CN)cc1. The van der Waals surface area contributed by atoms with E-state index in [1.54, 1.807) is 0 Å². The van der Waals surface area contributed by atoms with E-state index < -0.39 is 0 Å². The molecule has 0 bridgehead atoms. The van der Waals surface area contributed by atoms with Gasteiger partial charge in [-0.1, -0.05) is 19.1 Å². The molecule has 2 N–H and O–H groups in total. The molecule has 0 amide bonds. The van der Waals surface area contributed by atoms with Crippen LogP contribution in [-0.4, -0.2) is 30.6 Å². The van der Waals surface area contributed by atoms with E-state index in [4.69, 9.17) is 10.5 Å². The lowest BCUT2D eigenvalue weighted by molar-refractivity contribution is 0.125. The van der Waals surface area contributed by atoms with Crippen LogP contribution in [0.15, 0.2) is 24.3 Å². The summed E-state index contributed by atoms with van der Waals surface area (Å²) in [6.45, 7) is 8.93. The maximum absolute atomic E-state index is 5.73. The summed E-state index contributed by atoms with van der Waals surface area (Å²) in [5.74, 6) is 0.912. The predicted octanol–water partition coefficient (Wildman–Crippen LogP) is 2.64. The van der Waals surface area contributed by atoms with E-state index in [2.05, 4.69) is 32.7 Å². The van der Waals surface area contributed by atoms with Gasteiger partial charge in [0.1, 0.15) is 12.4 Å². The minimum absolute atomic E-state index is 0.229. The summed E-state index contributed by atoms with van der Waals surface area (Å²) in [7, 11) is 2.14. The van der Waals surface area contributed by atoms with Crippen molar-refractivity contribution in [2.45, 2.75) is 39.3 Å². The molecule has 0 saturated carbocycles. The van der Waals surface area contributed by atoms with E-state index in [0.717, 1.165) is 24.3 Å². The molecule has 0 atom stereocenters. The molecule has 0 unspecified atom stereocenters. The van der Waals surface area contributed by atoms with Gasteiger partial charge in [0.15, 0.2) is 0 Å². The van der Waals surface area contributed by atoms with Crippen LogP contribution in [0.4, 0.5) is 0 Å². The number of hydrogen-bond acceptors (Lipinski definition) is 3. The largest absolute Gasteiger partial charge is 0.492 e. The minimum atomic E-state index is 0.229. The second-order valence-corrected chi connectivity index (χ2v) is 5.28. The molecule has 0 aliphatic carbocycles. The first-order valence-electron chi connectivity index (χ1n) is 6.62. The zero-order valence-corrected chi connectivity index (χ0v) is 12.1. The van der Waals surface area contributed by atoms with Crippen molar-refractivity contribution in [1.29, 1.82) is 0 Å². The predicted molar refractivity (Wildman–Crippen MR) is 76.8 cm³/mol. The second kappa shape index (κ2) is 6.76. The Hall–Kier alpha value is -1.06. The summed E-state index contributed by atoms with van der Waals surface area (Å²) >= 11 is 0. The molecule has 0 aromatic heterocycles. The molecule has 0 heterocycles. The van der Waals surface area contributed by atoms with Gasteiger partial charge in [-0.05, 0) is 45.0 Å². The number of benzene rings is 1. The van der Waals surface area contributed by atoms with Gasteiger partial charge in [-0.2, -0.15) is 0 Å². The first-order chi connectivity index (χ1) is 8.49. The Kier molecular flexibility index (Phi) is 5.63. The molecule has 1 rings (SSSR count). The molecule has 0 aliphatic heterocycles. The van der Waals surface area contributed by atoms with Gasteiger partial charge in [-0.25, -0.2) is 0 Å². The van der Waals surface area contributed by atoms with Crippen molar-refractivity contribution in [2.75, 3.05) is 20.2 Å². The third kappa shape index (κ3) is 4.31. The Morgan fingerprint density at radius 3 is 2.33 bits per heavy atom. The maximum Gasteiger partial charge on any atom is 0.119 e. The molecule has 18 heavy (non-hydrogen) atoms. The molecule has 1 aromatic carbocycles. The van der Waals surface area contributed by atoms with Gasteiger partial charge in [0.25, 0.3) is 0 Å². The van der Waals surface area contributed by atoms with Gasteiger partial charge >= 0.3 is 0 Å². The van der Waals surface area contributed by atoms with Crippen molar-refractivity contribution in [1.82, 2.24) is 4.90 Å². The Morgan fingerprint density at radius 1 is 1.22 bits per heavy atom. The highest BCUT2D eigenvalue weighted by atomic mass is 16.5. The van der Waals surface area contributed by atoms with Crippen LogP contribution in [0.25, 0.3) is 0 Å². The Balaban J connectivity index is 2.37. The van der Waals surface area contributed by atoms with E-state index in [1.165, 1.54) is 0 Å². The number of rotatable bonds is 7. The van der Waals surface area contributed by atoms with Gasteiger partial charge in [0.05, 0.1) is 0 Å². The number of ether oxygens (including phenoxy) is 1. The highest BCUT2D eigenvalue weighted by molar-refractivity contribution is 5.27. The van der Waals surface area contributed by atoms with Crippen molar-refractivity contribution in [3.8, 4) is 5.75 Å². The molecular weight excluding hydrogens is 224 g/mol. The van der Waals surface area contributed by atoms with Crippen molar-refractivity contribution in [2.24, 2.45) is 5.73 Å². The summed E-state index contributed by atoms with van der Waals surface area (Å²) in [6.07, 6.45) is 1.13. The van der Waals surface area contributed by atoms with E-state index in [9.17, 15) is 0 Å². The number of likely N-dealkylation sites (N-methyl/N-ethyl adjacent to an activating group) is 1. The van der Waals surface area contributed by atoms with E-state index in [0.29, 0.717) is 13.2 Å². The lowest BCUT2D eigenvalue weighted by Gasteiger charge is -2.34. The van der Waals surface area contributed by atoms with Crippen LogP contribution in [0, 0.1) is 0 Å². The van der Waals surface area contributed by atoms with Gasteiger partial charge in [-0.3, -0.25) is 4.90 Å². The molecule has 102 valence electrons. The zero-order valence-electron chi connectivity index (χ0n) is 12.1. The van der Waals surface area contributed by atoms with Gasteiger partial charge < -0.3 is 10.5 Å². The molecule has 0 saturated heterocycles. The van der Waals surface area contributed by atoms with E-state index in [-0.39, 0.29) is 5.54 Å². The molecule has 1 aromatic rings. The van der Waals surface area contributed by atoms with Gasteiger partial charge in [-0.15, -0.1) is 0 Å². The molecule has 3 nitrogen and oxygen atoms in total. The topological polar surface area (TPSA) is 38.5 Å². The van der Waals surface area contributed by atoms with E-state index >= 15 is 0 Å². The van der Waals surface area contributed by atoms with Gasteiger partial charge in [0.2, 0.25) is 0 Å². The summed E-state index contributed by atoms with van der Waals surface area (Å²) in [5.41, 5.74) is 6.92. The lowest BCUT2D eigenvalue weighted by atomic mass is 10.0. The molecule has 0 fully saturated rings. The number of hydrogen-bond donors (Lipinski definition) is 1. The molecule has 0 aliphatic rings. The molecule has 3 heteroatoms. The molecular formula is C15H26N2O. The summed E-state index contributed by atoms with van der Waals surface area (Å²) < 4.78 is 5.73. The van der Waals surface area contributed by atoms with Crippen LogP contribution in [0.2, 0.25) is 0 Å². The van der Waals surface area contributed by atoms with Crippen molar-refractivity contribution in [3.63, 3.8) is 0 Å². The average Bonchev–Trinajstić information content (AvgIpc) is 2.39. The van der Waals surface area contributed by atoms with Crippen LogP contribution in [0.5, 0.6) is 5.75 Å². The highest BCUT2D eigenvalue weighted by Gasteiger charge is 2.20. The van der Waals surface area contributed by atoms with Crippen LogP contribution in [0.1, 0.15) is 32.8 Å². The Labute approximate surface area is 111 Å². The minimum Gasteiger partial charge on any atom is -0.492 e. The monoisotopic (exact) mass is 250 g/mol. The Bertz CT molecular complexity index is 346. The second-order valence-electron chi connectivity index (χ2n) is 5.28. The maximum atomic E-state index is 5.73. The fraction of sp³-hybridized carbons (Fsp3) is 0.600. The molecule has 0 radical (unpaired) electrons. The van der Waals surface area contributed by atoms with Gasteiger partial charge in [0, 0.05) is 18.6 Å². The quantitative estimate of drug-likeness (QED) is 0.808. The first-order valence-corrected chi connectivity index (χ1v) is 6.62. The van der Waals surface area contributed by atoms with Crippen LogP contribution in [0.3, 0.4) is 0 Å². The highest BCUT2D eigenvalue weighted by Crippen LogP contribution is 2.16. The van der Waals surface area contributed by atoms with Crippen molar-refractivity contribution < 1.29 is 4.74 Å². The summed E-state index contributed by atoms with van der Waals surface area (Å²) in [5, 5.41) is 0. The summed E-state index contributed by atoms with van der Waals surface area (Å²) in [6, 6.07) is 7.98. The van der Waals surface area contributed by atoms with Crippen LogP contribution in [-0.2, 0) is 6.54 Å². The number of nitrogens with two attached hydrogens (primary N) is 1. The fourth-order valence-electron chi connectivity index (χ4n) is 1.59. The average molecular weight is 250 g/mol. The number of nitrogens with zero attached hydrogens (tertiary/aromatic N) is 1.